The third-order valence-electron chi connectivity index (χ3n) is 8.84. The molecule has 0 unspecified atom stereocenters. The van der Waals surface area contributed by atoms with Crippen LogP contribution in [-0.4, -0.2) is 98.1 Å². The van der Waals surface area contributed by atoms with Crippen molar-refractivity contribution in [3.63, 3.8) is 0 Å². The van der Waals surface area contributed by atoms with E-state index in [1.165, 1.54) is 7.11 Å². The molecule has 1 N–H and O–H groups in total. The molecular formula is C33H41Cl4N5O4. The van der Waals surface area contributed by atoms with Crippen LogP contribution >= 0.6 is 46.4 Å². The van der Waals surface area contributed by atoms with Gasteiger partial charge in [-0.2, -0.15) is 0 Å². The van der Waals surface area contributed by atoms with E-state index in [1.807, 2.05) is 17.0 Å². The summed E-state index contributed by atoms with van der Waals surface area (Å²) in [7, 11) is 4.78. The van der Waals surface area contributed by atoms with Crippen molar-refractivity contribution in [2.45, 2.75) is 50.5 Å². The molecule has 9 nitrogen and oxygen atoms in total. The Kier molecular flexibility index (Phi) is 13.4. The molecule has 2 aliphatic rings. The van der Waals surface area contributed by atoms with E-state index in [1.54, 1.807) is 43.3 Å². The highest BCUT2D eigenvalue weighted by Gasteiger charge is 2.36. The fraction of sp³-hybridized carbons (Fsp3) is 0.515. The normalized spacial score (nSPS) is 18.8. The van der Waals surface area contributed by atoms with E-state index in [0.29, 0.717) is 37.8 Å². The summed E-state index contributed by atoms with van der Waals surface area (Å²) in [4.78, 5) is 49.7. The second kappa shape index (κ2) is 17.0. The van der Waals surface area contributed by atoms with Gasteiger partial charge in [0.25, 0.3) is 5.91 Å². The van der Waals surface area contributed by atoms with Crippen molar-refractivity contribution < 1.29 is 19.2 Å². The van der Waals surface area contributed by atoms with Crippen molar-refractivity contribution in [3.8, 4) is 0 Å². The Hall–Kier alpha value is -2.56. The number of nitrogens with one attached hydrogen (secondary N) is 1. The smallest absolute Gasteiger partial charge is 0.254 e. The maximum atomic E-state index is 13.3. The number of carbonyl (C=O) groups excluding carboxylic acids is 3. The van der Waals surface area contributed by atoms with Gasteiger partial charge in [0.1, 0.15) is 7.11 Å². The maximum Gasteiger partial charge on any atom is 0.254 e. The van der Waals surface area contributed by atoms with Crippen molar-refractivity contribution in [1.29, 1.82) is 0 Å². The quantitative estimate of drug-likeness (QED) is 0.204. The topological polar surface area (TPSA) is 94.6 Å². The van der Waals surface area contributed by atoms with Gasteiger partial charge >= 0.3 is 0 Å². The van der Waals surface area contributed by atoms with Gasteiger partial charge in [0.2, 0.25) is 11.8 Å². The second-order valence-electron chi connectivity index (χ2n) is 11.9. The summed E-state index contributed by atoms with van der Waals surface area (Å²) in [6, 6.07) is 10.4. The minimum absolute atomic E-state index is 0.0904. The van der Waals surface area contributed by atoms with Gasteiger partial charge in [-0.25, -0.2) is 0 Å². The Morgan fingerprint density at radius 2 is 1.72 bits per heavy atom. The van der Waals surface area contributed by atoms with Crippen LogP contribution in [0.15, 0.2) is 41.6 Å². The van der Waals surface area contributed by atoms with Crippen LogP contribution in [0, 0.1) is 5.92 Å². The van der Waals surface area contributed by atoms with Crippen LogP contribution in [0.25, 0.3) is 0 Å². The zero-order valence-electron chi connectivity index (χ0n) is 26.4. The van der Waals surface area contributed by atoms with Crippen LogP contribution in [0.5, 0.6) is 0 Å². The first kappa shape index (κ1) is 36.3. The molecular weight excluding hydrogens is 672 g/mol. The van der Waals surface area contributed by atoms with Gasteiger partial charge in [0, 0.05) is 73.6 Å². The molecule has 0 aromatic heterocycles. The highest BCUT2D eigenvalue weighted by Crippen LogP contribution is 2.32. The van der Waals surface area contributed by atoms with Crippen molar-refractivity contribution >= 4 is 69.8 Å². The first-order valence-electron chi connectivity index (χ1n) is 15.5. The molecule has 2 fully saturated rings. The van der Waals surface area contributed by atoms with Crippen molar-refractivity contribution in [3.05, 3.63) is 67.6 Å². The first-order chi connectivity index (χ1) is 22.0. The summed E-state index contributed by atoms with van der Waals surface area (Å²) in [6.07, 6.45) is 4.35. The number of benzene rings is 2. The molecule has 13 heteroatoms. The zero-order chi connectivity index (χ0) is 33.4. The molecule has 0 bridgehead atoms. The molecule has 0 radical (unpaired) electrons. The van der Waals surface area contributed by atoms with Gasteiger partial charge in [-0.1, -0.05) is 57.6 Å². The number of hydrogen-bond acceptors (Lipinski definition) is 6. The minimum atomic E-state index is -0.256. The molecule has 0 aliphatic carbocycles. The van der Waals surface area contributed by atoms with Crippen molar-refractivity contribution in [1.82, 2.24) is 20.0 Å². The van der Waals surface area contributed by atoms with Crippen LogP contribution in [0.1, 0.15) is 60.4 Å². The minimum Gasteiger partial charge on any atom is -0.399 e. The Balaban J connectivity index is 1.44. The molecule has 2 aromatic rings. The largest absolute Gasteiger partial charge is 0.399 e. The summed E-state index contributed by atoms with van der Waals surface area (Å²) < 4.78 is 0. The maximum absolute atomic E-state index is 13.3. The van der Waals surface area contributed by atoms with Crippen LogP contribution in [0.2, 0.25) is 20.1 Å². The Bertz CT molecular complexity index is 1410. The zero-order valence-corrected chi connectivity index (χ0v) is 29.4. The van der Waals surface area contributed by atoms with Crippen molar-refractivity contribution in [2.75, 3.05) is 53.9 Å². The van der Waals surface area contributed by atoms with E-state index in [2.05, 4.69) is 15.4 Å². The molecule has 0 saturated carbocycles. The van der Waals surface area contributed by atoms with Gasteiger partial charge in [-0.15, -0.1) is 0 Å². The molecule has 3 amide bonds. The molecule has 2 aliphatic heterocycles. The predicted octanol–water partition coefficient (Wildman–Crippen LogP) is 6.39. The Labute approximate surface area is 291 Å². The number of oxime groups is 1. The predicted molar refractivity (Wildman–Crippen MR) is 184 cm³/mol. The lowest BCUT2D eigenvalue weighted by Crippen LogP contribution is -2.52. The highest BCUT2D eigenvalue weighted by molar-refractivity contribution is 6.42. The molecule has 2 heterocycles. The third-order valence-corrected chi connectivity index (χ3v) is 10.0. The number of nitrogens with zero attached hydrogens (tertiary/aromatic N) is 4. The number of carbonyl (C=O) groups is 3. The fourth-order valence-electron chi connectivity index (χ4n) is 6.41. The van der Waals surface area contributed by atoms with Crippen LogP contribution in [0.4, 0.5) is 0 Å². The van der Waals surface area contributed by atoms with E-state index in [0.717, 1.165) is 57.4 Å². The van der Waals surface area contributed by atoms with Gasteiger partial charge in [0.05, 0.1) is 22.3 Å². The number of rotatable bonds is 12. The van der Waals surface area contributed by atoms with Gasteiger partial charge in [0.15, 0.2) is 0 Å². The van der Waals surface area contributed by atoms with E-state index in [-0.39, 0.29) is 48.6 Å². The molecule has 46 heavy (non-hydrogen) atoms. The van der Waals surface area contributed by atoms with Crippen LogP contribution < -0.4 is 5.32 Å². The number of piperidine rings is 2. The lowest BCUT2D eigenvalue weighted by molar-refractivity contribution is -0.144. The average molecular weight is 714 g/mol. The molecule has 0 spiro atoms. The SMILES string of the molecule is CNC(=O)C[C@H]1CCCN(C2CCN(CC[C@@H](/C(CN(C)C(=O)c3cc(Cl)cc(Cl)c3)=N\OC)c3ccc(Cl)c(Cl)c3)CC2)C1=O. The van der Waals surface area contributed by atoms with Gasteiger partial charge in [-0.05, 0) is 74.5 Å². The van der Waals surface area contributed by atoms with Crippen LogP contribution in [-0.2, 0) is 14.4 Å². The molecule has 4 rings (SSSR count). The summed E-state index contributed by atoms with van der Waals surface area (Å²) in [6.45, 7) is 3.38. The molecule has 2 saturated heterocycles. The molecule has 2 aromatic carbocycles. The third kappa shape index (κ3) is 9.50. The van der Waals surface area contributed by atoms with E-state index >= 15 is 0 Å². The Morgan fingerprint density at radius 3 is 2.35 bits per heavy atom. The highest BCUT2D eigenvalue weighted by atomic mass is 35.5. The lowest BCUT2D eigenvalue weighted by Gasteiger charge is -2.42. The second-order valence-corrected chi connectivity index (χ2v) is 13.6. The van der Waals surface area contributed by atoms with E-state index in [9.17, 15) is 14.4 Å². The van der Waals surface area contributed by atoms with Crippen molar-refractivity contribution in [2.24, 2.45) is 11.1 Å². The van der Waals surface area contributed by atoms with Crippen LogP contribution in [0.3, 0.4) is 0 Å². The van der Waals surface area contributed by atoms with Gasteiger partial charge < -0.3 is 24.9 Å². The summed E-state index contributed by atoms with van der Waals surface area (Å²) in [5.74, 6) is -0.703. The molecule has 2 atom stereocenters. The average Bonchev–Trinajstić information content (AvgIpc) is 3.03. The number of amides is 3. The number of likely N-dealkylation sites (tertiary alicyclic amines) is 2. The first-order valence-corrected chi connectivity index (χ1v) is 17.0. The number of hydrogen-bond donors (Lipinski definition) is 1. The van der Waals surface area contributed by atoms with E-state index in [4.69, 9.17) is 51.2 Å². The summed E-state index contributed by atoms with van der Waals surface area (Å²) in [5, 5.41) is 8.66. The summed E-state index contributed by atoms with van der Waals surface area (Å²) in [5.41, 5.74) is 1.94. The Morgan fingerprint density at radius 1 is 1.02 bits per heavy atom. The monoisotopic (exact) mass is 711 g/mol. The van der Waals surface area contributed by atoms with E-state index < -0.39 is 0 Å². The standard InChI is InChI=1S/C33H41Cl4N5O4/c1-38-31(43)18-22-5-4-11-42(33(22)45)26-8-12-41(13-9-26)14-10-27(21-6-7-28(36)29(37)17-21)30(39-46-3)20-40(2)32(44)23-15-24(34)19-25(35)16-23/h6-7,15-17,19,22,26-27H,4-5,8-14,18,20H2,1-3H3,(H,38,43)/b39-30-/t22-,27-/m1/s1. The van der Waals surface area contributed by atoms with Gasteiger partial charge in [-0.3, -0.25) is 14.4 Å². The number of halogens is 4. The molecule has 250 valence electrons. The fourth-order valence-corrected chi connectivity index (χ4v) is 7.24. The lowest BCUT2D eigenvalue weighted by atomic mass is 9.89. The summed E-state index contributed by atoms with van der Waals surface area (Å²) >= 11 is 25.0.